The molecular formula is C21H16ClN3O2. The van der Waals surface area contributed by atoms with Crippen LogP contribution in [0.5, 0.6) is 11.5 Å². The summed E-state index contributed by atoms with van der Waals surface area (Å²) in [5.74, 6) is 1.57. The number of aromatic nitrogens is 2. The van der Waals surface area contributed by atoms with Crippen LogP contribution in [0.2, 0.25) is 5.15 Å². The molecule has 0 aliphatic heterocycles. The van der Waals surface area contributed by atoms with Gasteiger partial charge in [-0.1, -0.05) is 48.0 Å². The van der Waals surface area contributed by atoms with E-state index in [1.807, 2.05) is 66.7 Å². The number of hydrogen-bond acceptors (Lipinski definition) is 4. The van der Waals surface area contributed by atoms with Gasteiger partial charge in [-0.25, -0.2) is 5.10 Å². The van der Waals surface area contributed by atoms with Crippen molar-refractivity contribution in [1.82, 2.24) is 10.2 Å². The molecule has 0 bridgehead atoms. The normalized spacial score (nSPS) is 10.7. The Morgan fingerprint density at radius 2 is 1.74 bits per heavy atom. The molecule has 0 atom stereocenters. The third kappa shape index (κ3) is 3.78. The molecule has 134 valence electrons. The van der Waals surface area contributed by atoms with Gasteiger partial charge in [-0.2, -0.15) is 5.10 Å². The lowest BCUT2D eigenvalue weighted by Crippen LogP contribution is -2.09. The van der Waals surface area contributed by atoms with E-state index in [1.54, 1.807) is 6.07 Å². The van der Waals surface area contributed by atoms with Gasteiger partial charge in [-0.3, -0.25) is 4.79 Å². The van der Waals surface area contributed by atoms with Gasteiger partial charge in [0.2, 0.25) is 0 Å². The number of nitrogens with one attached hydrogen (secondary N) is 2. The number of rotatable bonds is 5. The molecule has 0 aliphatic rings. The van der Waals surface area contributed by atoms with Gasteiger partial charge in [-0.15, -0.1) is 0 Å². The van der Waals surface area contributed by atoms with Crippen molar-refractivity contribution in [1.29, 1.82) is 0 Å². The zero-order valence-electron chi connectivity index (χ0n) is 14.3. The Kier molecular flexibility index (Phi) is 4.77. The summed E-state index contributed by atoms with van der Waals surface area (Å²) in [6.45, 7) is 0.558. The SMILES string of the molecule is O=c1[nH]nc(Cl)c2cc(NCc3ccccc3Oc3ccccc3)ccc12. The molecule has 0 radical (unpaired) electrons. The zero-order chi connectivity index (χ0) is 18.6. The summed E-state index contributed by atoms with van der Waals surface area (Å²) in [6, 6.07) is 22.9. The molecule has 3 aromatic carbocycles. The number of anilines is 1. The fraction of sp³-hybridized carbons (Fsp3) is 0.0476. The van der Waals surface area contributed by atoms with E-state index in [9.17, 15) is 4.79 Å². The molecule has 0 unspecified atom stereocenters. The Bertz CT molecular complexity index is 1140. The van der Waals surface area contributed by atoms with Crippen molar-refractivity contribution < 1.29 is 4.74 Å². The highest BCUT2D eigenvalue weighted by Gasteiger charge is 2.07. The Hall–Kier alpha value is -3.31. The monoisotopic (exact) mass is 377 g/mol. The van der Waals surface area contributed by atoms with Crippen LogP contribution in [0.4, 0.5) is 5.69 Å². The van der Waals surface area contributed by atoms with Crippen LogP contribution in [0.1, 0.15) is 5.56 Å². The smallest absolute Gasteiger partial charge is 0.272 e. The van der Waals surface area contributed by atoms with Crippen molar-refractivity contribution in [2.45, 2.75) is 6.54 Å². The van der Waals surface area contributed by atoms with Gasteiger partial charge in [-0.05, 0) is 36.4 Å². The number of fused-ring (bicyclic) bond motifs is 1. The maximum atomic E-state index is 11.8. The molecule has 0 aliphatic carbocycles. The van der Waals surface area contributed by atoms with E-state index >= 15 is 0 Å². The summed E-state index contributed by atoms with van der Waals surface area (Å²) in [6.07, 6.45) is 0. The third-order valence-corrected chi connectivity index (χ3v) is 4.46. The van der Waals surface area contributed by atoms with E-state index in [2.05, 4.69) is 15.5 Å². The lowest BCUT2D eigenvalue weighted by Gasteiger charge is -2.13. The lowest BCUT2D eigenvalue weighted by atomic mass is 10.1. The molecule has 0 fully saturated rings. The maximum absolute atomic E-state index is 11.8. The molecule has 4 aromatic rings. The first-order valence-corrected chi connectivity index (χ1v) is 8.81. The second-order valence-corrected chi connectivity index (χ2v) is 6.34. The van der Waals surface area contributed by atoms with Crippen molar-refractivity contribution in [3.63, 3.8) is 0 Å². The van der Waals surface area contributed by atoms with Crippen LogP contribution < -0.4 is 15.6 Å². The number of ether oxygens (including phenoxy) is 1. The summed E-state index contributed by atoms with van der Waals surface area (Å²) in [5, 5.41) is 10.9. The molecule has 1 aromatic heterocycles. The predicted molar refractivity (Wildman–Crippen MR) is 108 cm³/mol. The molecule has 4 rings (SSSR count). The van der Waals surface area contributed by atoms with Crippen molar-refractivity contribution in [2.75, 3.05) is 5.32 Å². The van der Waals surface area contributed by atoms with Crippen molar-refractivity contribution in [3.05, 3.63) is 93.9 Å². The summed E-state index contributed by atoms with van der Waals surface area (Å²) in [5.41, 5.74) is 1.59. The summed E-state index contributed by atoms with van der Waals surface area (Å²) in [7, 11) is 0. The number of para-hydroxylation sites is 2. The van der Waals surface area contributed by atoms with E-state index in [1.165, 1.54) is 0 Å². The molecule has 0 saturated carbocycles. The van der Waals surface area contributed by atoms with Crippen LogP contribution in [0.25, 0.3) is 10.8 Å². The molecule has 2 N–H and O–H groups in total. The summed E-state index contributed by atoms with van der Waals surface area (Å²) in [4.78, 5) is 11.8. The molecule has 6 heteroatoms. The summed E-state index contributed by atoms with van der Waals surface area (Å²) < 4.78 is 5.99. The van der Waals surface area contributed by atoms with Crippen LogP contribution in [0, 0.1) is 0 Å². The van der Waals surface area contributed by atoms with Crippen LogP contribution in [-0.2, 0) is 6.54 Å². The van der Waals surface area contributed by atoms with E-state index in [0.29, 0.717) is 17.3 Å². The average molecular weight is 378 g/mol. The zero-order valence-corrected chi connectivity index (χ0v) is 15.0. The molecule has 0 amide bonds. The van der Waals surface area contributed by atoms with Gasteiger partial charge in [0, 0.05) is 23.2 Å². The molecule has 0 spiro atoms. The van der Waals surface area contributed by atoms with Gasteiger partial charge >= 0.3 is 0 Å². The first-order valence-electron chi connectivity index (χ1n) is 8.43. The van der Waals surface area contributed by atoms with Crippen LogP contribution in [0.3, 0.4) is 0 Å². The van der Waals surface area contributed by atoms with Gasteiger partial charge in [0.1, 0.15) is 11.5 Å². The van der Waals surface area contributed by atoms with Crippen LogP contribution >= 0.6 is 11.6 Å². The topological polar surface area (TPSA) is 67.0 Å². The summed E-state index contributed by atoms with van der Waals surface area (Å²) >= 11 is 6.10. The van der Waals surface area contributed by atoms with Gasteiger partial charge in [0.15, 0.2) is 5.15 Å². The van der Waals surface area contributed by atoms with E-state index < -0.39 is 0 Å². The molecule has 0 saturated heterocycles. The Balaban J connectivity index is 1.56. The highest BCUT2D eigenvalue weighted by molar-refractivity contribution is 6.34. The molecule has 1 heterocycles. The predicted octanol–water partition coefficient (Wildman–Crippen LogP) is 4.98. The first-order chi connectivity index (χ1) is 13.2. The second kappa shape index (κ2) is 7.51. The van der Waals surface area contributed by atoms with Gasteiger partial charge in [0.05, 0.1) is 5.39 Å². The highest BCUT2D eigenvalue weighted by atomic mass is 35.5. The van der Waals surface area contributed by atoms with Crippen molar-refractivity contribution in [2.24, 2.45) is 0 Å². The lowest BCUT2D eigenvalue weighted by molar-refractivity contribution is 0.477. The number of H-pyrrole nitrogens is 1. The largest absolute Gasteiger partial charge is 0.457 e. The average Bonchev–Trinajstić information content (AvgIpc) is 2.71. The first kappa shape index (κ1) is 17.1. The Labute approximate surface area is 160 Å². The maximum Gasteiger partial charge on any atom is 0.272 e. The van der Waals surface area contributed by atoms with Crippen LogP contribution in [-0.4, -0.2) is 10.2 Å². The number of aromatic amines is 1. The van der Waals surface area contributed by atoms with E-state index in [-0.39, 0.29) is 10.7 Å². The Morgan fingerprint density at radius 3 is 2.59 bits per heavy atom. The van der Waals surface area contributed by atoms with Crippen molar-refractivity contribution >= 4 is 28.1 Å². The van der Waals surface area contributed by atoms with Crippen molar-refractivity contribution in [3.8, 4) is 11.5 Å². The second-order valence-electron chi connectivity index (χ2n) is 5.98. The highest BCUT2D eigenvalue weighted by Crippen LogP contribution is 2.27. The Morgan fingerprint density at radius 1 is 0.963 bits per heavy atom. The third-order valence-electron chi connectivity index (χ3n) is 4.17. The number of nitrogens with zero attached hydrogens (tertiary/aromatic N) is 1. The minimum atomic E-state index is -0.262. The molecule has 5 nitrogen and oxygen atoms in total. The fourth-order valence-electron chi connectivity index (χ4n) is 2.81. The van der Waals surface area contributed by atoms with E-state index in [0.717, 1.165) is 22.7 Å². The molecular weight excluding hydrogens is 362 g/mol. The number of hydrogen-bond donors (Lipinski definition) is 2. The minimum Gasteiger partial charge on any atom is -0.457 e. The standard InChI is InChI=1S/C21H16ClN3O2/c22-20-18-12-15(10-11-17(18)21(26)25-24-20)23-13-14-6-4-5-9-19(14)27-16-7-2-1-3-8-16/h1-12,23H,13H2,(H,25,26). The minimum absolute atomic E-state index is 0.262. The number of benzene rings is 3. The van der Waals surface area contributed by atoms with Gasteiger partial charge in [0.25, 0.3) is 5.56 Å². The molecule has 27 heavy (non-hydrogen) atoms. The van der Waals surface area contributed by atoms with E-state index in [4.69, 9.17) is 16.3 Å². The fourth-order valence-corrected chi connectivity index (χ4v) is 3.00. The van der Waals surface area contributed by atoms with Gasteiger partial charge < -0.3 is 10.1 Å². The van der Waals surface area contributed by atoms with Crippen LogP contribution in [0.15, 0.2) is 77.6 Å². The quantitative estimate of drug-likeness (QED) is 0.514. The number of halogens is 1.